The molecule has 27 heavy (non-hydrogen) atoms. The van der Waals surface area contributed by atoms with Crippen molar-refractivity contribution in [2.45, 2.75) is 13.8 Å². The van der Waals surface area contributed by atoms with Crippen molar-refractivity contribution >= 4 is 11.6 Å². The van der Waals surface area contributed by atoms with Crippen molar-refractivity contribution in [3.63, 3.8) is 0 Å². The quantitative estimate of drug-likeness (QED) is 0.518. The molecule has 0 spiro atoms. The molecule has 0 aliphatic rings. The molecule has 4 nitrogen and oxygen atoms in total. The van der Waals surface area contributed by atoms with E-state index < -0.39 is 0 Å². The van der Waals surface area contributed by atoms with Crippen LogP contribution in [0.5, 0.6) is 5.75 Å². The molecular formula is C23H22N2O2. The topological polar surface area (TPSA) is 50.7 Å². The second kappa shape index (κ2) is 8.81. The van der Waals surface area contributed by atoms with E-state index in [0.29, 0.717) is 5.75 Å². The molecule has 0 aliphatic heterocycles. The molecule has 0 heterocycles. The molecule has 4 heteroatoms. The number of rotatable bonds is 6. The van der Waals surface area contributed by atoms with Gasteiger partial charge in [0.1, 0.15) is 5.75 Å². The lowest BCUT2D eigenvalue weighted by Crippen LogP contribution is -2.25. The Bertz CT molecular complexity index is 932. The van der Waals surface area contributed by atoms with E-state index in [9.17, 15) is 4.79 Å². The maximum atomic E-state index is 11.9. The predicted molar refractivity (Wildman–Crippen MR) is 109 cm³/mol. The van der Waals surface area contributed by atoms with Gasteiger partial charge in [-0.2, -0.15) is 5.10 Å². The maximum absolute atomic E-state index is 11.9. The van der Waals surface area contributed by atoms with Crippen LogP contribution in [0.15, 0.2) is 84.0 Å². The number of aryl methyl sites for hydroxylation is 1. The third-order valence-corrected chi connectivity index (χ3v) is 4.12. The molecule has 0 aromatic heterocycles. The number of ether oxygens (including phenoxy) is 1. The van der Waals surface area contributed by atoms with Gasteiger partial charge in [0, 0.05) is 0 Å². The highest BCUT2D eigenvalue weighted by Gasteiger charge is 2.04. The van der Waals surface area contributed by atoms with E-state index in [1.807, 2.05) is 80.6 Å². The van der Waals surface area contributed by atoms with E-state index in [1.54, 1.807) is 0 Å². The SMILES string of the molecule is CC(=NNC(=O)COc1cccc(C)c1)c1ccc(-c2ccccc2)cc1. The lowest BCUT2D eigenvalue weighted by atomic mass is 10.0. The number of nitrogens with zero attached hydrogens (tertiary/aromatic N) is 1. The van der Waals surface area contributed by atoms with Gasteiger partial charge in [0.15, 0.2) is 6.61 Å². The van der Waals surface area contributed by atoms with Crippen molar-refractivity contribution in [2.75, 3.05) is 6.61 Å². The summed E-state index contributed by atoms with van der Waals surface area (Å²) in [6, 6.07) is 25.8. The minimum atomic E-state index is -0.295. The summed E-state index contributed by atoms with van der Waals surface area (Å²) in [5.41, 5.74) is 7.62. The molecule has 136 valence electrons. The van der Waals surface area contributed by atoms with Crippen LogP contribution < -0.4 is 10.2 Å². The Kier molecular flexibility index (Phi) is 6.00. The summed E-state index contributed by atoms with van der Waals surface area (Å²) in [6.45, 7) is 3.76. The minimum Gasteiger partial charge on any atom is -0.484 e. The molecule has 0 atom stereocenters. The lowest BCUT2D eigenvalue weighted by molar-refractivity contribution is -0.123. The van der Waals surface area contributed by atoms with Crippen molar-refractivity contribution < 1.29 is 9.53 Å². The number of hydrazone groups is 1. The molecule has 0 saturated heterocycles. The Morgan fingerprint density at radius 3 is 2.33 bits per heavy atom. The van der Waals surface area contributed by atoms with Crippen LogP contribution in [-0.2, 0) is 4.79 Å². The van der Waals surface area contributed by atoms with Crippen LogP contribution in [0, 0.1) is 6.92 Å². The molecule has 0 radical (unpaired) electrons. The summed E-state index contributed by atoms with van der Waals surface area (Å²) in [7, 11) is 0. The Morgan fingerprint density at radius 1 is 0.926 bits per heavy atom. The van der Waals surface area contributed by atoms with Crippen LogP contribution in [0.2, 0.25) is 0 Å². The van der Waals surface area contributed by atoms with E-state index in [2.05, 4.69) is 22.7 Å². The monoisotopic (exact) mass is 358 g/mol. The molecule has 0 fully saturated rings. The maximum Gasteiger partial charge on any atom is 0.277 e. The minimum absolute atomic E-state index is 0.0762. The molecule has 3 aromatic carbocycles. The van der Waals surface area contributed by atoms with Gasteiger partial charge in [0.2, 0.25) is 0 Å². The van der Waals surface area contributed by atoms with Gasteiger partial charge in [-0.15, -0.1) is 0 Å². The van der Waals surface area contributed by atoms with E-state index in [-0.39, 0.29) is 12.5 Å². The number of nitrogens with one attached hydrogen (secondary N) is 1. The van der Waals surface area contributed by atoms with Gasteiger partial charge in [-0.25, -0.2) is 5.43 Å². The largest absolute Gasteiger partial charge is 0.484 e. The van der Waals surface area contributed by atoms with Crippen molar-refractivity contribution in [1.82, 2.24) is 5.43 Å². The average Bonchev–Trinajstić information content (AvgIpc) is 2.71. The fraction of sp³-hybridized carbons (Fsp3) is 0.130. The first-order valence-corrected chi connectivity index (χ1v) is 8.80. The number of benzene rings is 3. The number of carbonyl (C=O) groups excluding carboxylic acids is 1. The zero-order valence-electron chi connectivity index (χ0n) is 15.5. The Hall–Kier alpha value is -3.40. The van der Waals surface area contributed by atoms with Crippen molar-refractivity contribution in [3.05, 3.63) is 90.0 Å². The molecule has 0 bridgehead atoms. The highest BCUT2D eigenvalue weighted by molar-refractivity contribution is 5.99. The predicted octanol–water partition coefficient (Wildman–Crippen LogP) is 4.58. The van der Waals surface area contributed by atoms with Crippen molar-refractivity contribution in [2.24, 2.45) is 5.10 Å². The summed E-state index contributed by atoms with van der Waals surface area (Å²) in [4.78, 5) is 11.9. The van der Waals surface area contributed by atoms with Crippen LogP contribution in [-0.4, -0.2) is 18.2 Å². The van der Waals surface area contributed by atoms with Crippen LogP contribution in [0.1, 0.15) is 18.1 Å². The molecule has 3 rings (SSSR count). The van der Waals surface area contributed by atoms with Crippen LogP contribution >= 0.6 is 0 Å². The Morgan fingerprint density at radius 2 is 1.63 bits per heavy atom. The lowest BCUT2D eigenvalue weighted by Gasteiger charge is -2.07. The van der Waals surface area contributed by atoms with Gasteiger partial charge in [-0.05, 0) is 48.2 Å². The number of amides is 1. The van der Waals surface area contributed by atoms with Crippen LogP contribution in [0.25, 0.3) is 11.1 Å². The number of hydrogen-bond donors (Lipinski definition) is 1. The smallest absolute Gasteiger partial charge is 0.277 e. The van der Waals surface area contributed by atoms with Gasteiger partial charge >= 0.3 is 0 Å². The number of carbonyl (C=O) groups is 1. The molecule has 0 saturated carbocycles. The second-order valence-corrected chi connectivity index (χ2v) is 6.28. The van der Waals surface area contributed by atoms with Crippen molar-refractivity contribution in [1.29, 1.82) is 0 Å². The normalized spacial score (nSPS) is 11.1. The second-order valence-electron chi connectivity index (χ2n) is 6.28. The van der Waals surface area contributed by atoms with Gasteiger partial charge < -0.3 is 4.74 Å². The molecule has 1 N–H and O–H groups in total. The molecule has 0 unspecified atom stereocenters. The first kappa shape index (κ1) is 18.4. The zero-order valence-corrected chi connectivity index (χ0v) is 15.5. The van der Waals surface area contributed by atoms with E-state index in [0.717, 1.165) is 22.4 Å². The fourth-order valence-corrected chi connectivity index (χ4v) is 2.63. The van der Waals surface area contributed by atoms with Gasteiger partial charge in [-0.3, -0.25) is 4.79 Å². The summed E-state index contributed by atoms with van der Waals surface area (Å²) in [6.07, 6.45) is 0. The summed E-state index contributed by atoms with van der Waals surface area (Å²) in [5, 5.41) is 4.16. The average molecular weight is 358 g/mol. The van der Waals surface area contributed by atoms with Crippen LogP contribution in [0.3, 0.4) is 0 Å². The zero-order chi connectivity index (χ0) is 19.1. The van der Waals surface area contributed by atoms with Gasteiger partial charge in [-0.1, -0.05) is 66.7 Å². The van der Waals surface area contributed by atoms with Gasteiger partial charge in [0.05, 0.1) is 5.71 Å². The first-order chi connectivity index (χ1) is 13.1. The summed E-state index contributed by atoms with van der Waals surface area (Å²) < 4.78 is 5.47. The fourth-order valence-electron chi connectivity index (χ4n) is 2.63. The van der Waals surface area contributed by atoms with Crippen molar-refractivity contribution in [3.8, 4) is 16.9 Å². The van der Waals surface area contributed by atoms with Crippen LogP contribution in [0.4, 0.5) is 0 Å². The van der Waals surface area contributed by atoms with Gasteiger partial charge in [0.25, 0.3) is 5.91 Å². The Labute approximate surface area is 159 Å². The highest BCUT2D eigenvalue weighted by atomic mass is 16.5. The number of hydrogen-bond acceptors (Lipinski definition) is 3. The highest BCUT2D eigenvalue weighted by Crippen LogP contribution is 2.19. The molecule has 0 aliphatic carbocycles. The third-order valence-electron chi connectivity index (χ3n) is 4.12. The molecular weight excluding hydrogens is 336 g/mol. The van der Waals surface area contributed by atoms with E-state index in [4.69, 9.17) is 4.74 Å². The third kappa shape index (κ3) is 5.28. The summed E-state index contributed by atoms with van der Waals surface area (Å²) >= 11 is 0. The molecule has 1 amide bonds. The van der Waals surface area contributed by atoms with E-state index >= 15 is 0 Å². The molecule has 3 aromatic rings. The van der Waals surface area contributed by atoms with E-state index in [1.165, 1.54) is 5.56 Å². The summed E-state index contributed by atoms with van der Waals surface area (Å²) in [5.74, 6) is 0.374. The Balaban J connectivity index is 1.56. The first-order valence-electron chi connectivity index (χ1n) is 8.80. The standard InChI is InChI=1S/C23H22N2O2/c1-17-7-6-10-22(15-17)27-16-23(26)25-24-18(2)19-11-13-21(14-12-19)20-8-4-3-5-9-20/h3-15H,16H2,1-2H3,(H,25,26).